The summed E-state index contributed by atoms with van der Waals surface area (Å²) < 4.78 is 10.9. The number of nitrogens with zero attached hydrogens (tertiary/aromatic N) is 2. The summed E-state index contributed by atoms with van der Waals surface area (Å²) in [4.78, 5) is 29.9. The third kappa shape index (κ3) is 6.82. The molecule has 0 saturated carbocycles. The molecular weight excluding hydrogens is 320 g/mol. The minimum atomic E-state index is -0.473. The van der Waals surface area contributed by atoms with Gasteiger partial charge in [0, 0.05) is 25.9 Å². The number of carbonyl (C=O) groups excluding carboxylic acids is 2. The Morgan fingerprint density at radius 2 is 2.12 bits per heavy atom. The first-order valence-corrected chi connectivity index (χ1v) is 8.85. The van der Waals surface area contributed by atoms with Gasteiger partial charge in [-0.1, -0.05) is 6.07 Å². The highest BCUT2D eigenvalue weighted by Gasteiger charge is 2.27. The summed E-state index contributed by atoms with van der Waals surface area (Å²) in [5.74, 6) is 0.269. The topological polar surface area (TPSA) is 68.7 Å². The van der Waals surface area contributed by atoms with Crippen LogP contribution in [0.3, 0.4) is 0 Å². The van der Waals surface area contributed by atoms with Gasteiger partial charge in [0.05, 0.1) is 0 Å². The van der Waals surface area contributed by atoms with Crippen molar-refractivity contribution in [1.29, 1.82) is 0 Å². The minimum absolute atomic E-state index is 0.0412. The van der Waals surface area contributed by atoms with Crippen molar-refractivity contribution in [3.8, 4) is 0 Å². The predicted octanol–water partition coefficient (Wildman–Crippen LogP) is 3.32. The van der Waals surface area contributed by atoms with Crippen LogP contribution < -0.4 is 0 Å². The Kier molecular flexibility index (Phi) is 6.93. The maximum atomic E-state index is 12.2. The standard InChI is InChI=1S/C19H28N2O4/c1-19(2,3)25-18(23)21-11-6-7-15(13-21)9-12-24-14-17(22)16-8-4-5-10-20-16/h4-5,8,10,15H,6-7,9,11-14H2,1-3H3/t15-/m1/s1. The van der Waals surface area contributed by atoms with E-state index in [9.17, 15) is 9.59 Å². The highest BCUT2D eigenvalue weighted by molar-refractivity contribution is 5.95. The van der Waals surface area contributed by atoms with Gasteiger partial charge < -0.3 is 14.4 Å². The monoisotopic (exact) mass is 348 g/mol. The number of rotatable bonds is 6. The maximum absolute atomic E-state index is 12.2. The minimum Gasteiger partial charge on any atom is -0.444 e. The zero-order valence-electron chi connectivity index (χ0n) is 15.4. The van der Waals surface area contributed by atoms with Gasteiger partial charge in [-0.05, 0) is 58.1 Å². The zero-order chi connectivity index (χ0) is 18.3. The molecule has 1 aromatic heterocycles. The van der Waals surface area contributed by atoms with E-state index in [1.54, 1.807) is 29.3 Å². The van der Waals surface area contributed by atoms with Crippen LogP contribution in [0.1, 0.15) is 50.5 Å². The largest absolute Gasteiger partial charge is 0.444 e. The van der Waals surface area contributed by atoms with Crippen molar-refractivity contribution < 1.29 is 19.1 Å². The van der Waals surface area contributed by atoms with Crippen molar-refractivity contribution in [2.24, 2.45) is 5.92 Å². The van der Waals surface area contributed by atoms with Gasteiger partial charge in [0.2, 0.25) is 5.78 Å². The molecule has 6 nitrogen and oxygen atoms in total. The van der Waals surface area contributed by atoms with Crippen molar-refractivity contribution in [2.45, 2.75) is 45.6 Å². The van der Waals surface area contributed by atoms with Gasteiger partial charge in [-0.3, -0.25) is 9.78 Å². The first-order valence-electron chi connectivity index (χ1n) is 8.85. The van der Waals surface area contributed by atoms with Crippen LogP contribution >= 0.6 is 0 Å². The van der Waals surface area contributed by atoms with Crippen LogP contribution in [-0.2, 0) is 9.47 Å². The van der Waals surface area contributed by atoms with Crippen molar-refractivity contribution in [3.63, 3.8) is 0 Å². The molecule has 2 heterocycles. The Bertz CT molecular complexity index is 569. The molecular formula is C19H28N2O4. The average Bonchev–Trinajstić information content (AvgIpc) is 2.58. The fourth-order valence-corrected chi connectivity index (χ4v) is 2.81. The molecule has 6 heteroatoms. The maximum Gasteiger partial charge on any atom is 0.410 e. The summed E-state index contributed by atoms with van der Waals surface area (Å²) >= 11 is 0. The molecule has 0 spiro atoms. The van der Waals surface area contributed by atoms with Crippen LogP contribution in [-0.4, -0.2) is 53.7 Å². The Labute approximate surface area is 149 Å². The lowest BCUT2D eigenvalue weighted by Gasteiger charge is -2.34. The van der Waals surface area contributed by atoms with E-state index >= 15 is 0 Å². The molecule has 0 N–H and O–H groups in total. The Morgan fingerprint density at radius 1 is 1.32 bits per heavy atom. The molecule has 25 heavy (non-hydrogen) atoms. The lowest BCUT2D eigenvalue weighted by Crippen LogP contribution is -2.43. The summed E-state index contributed by atoms with van der Waals surface area (Å²) in [6, 6.07) is 5.25. The number of hydrogen-bond acceptors (Lipinski definition) is 5. The fourth-order valence-electron chi connectivity index (χ4n) is 2.81. The second-order valence-corrected chi connectivity index (χ2v) is 7.41. The van der Waals surface area contributed by atoms with Crippen LogP contribution in [0, 0.1) is 5.92 Å². The van der Waals surface area contributed by atoms with Crippen LogP contribution in [0.15, 0.2) is 24.4 Å². The molecule has 0 unspecified atom stereocenters. The molecule has 2 rings (SSSR count). The van der Waals surface area contributed by atoms with E-state index in [4.69, 9.17) is 9.47 Å². The molecule has 1 saturated heterocycles. The molecule has 0 radical (unpaired) electrons. The third-order valence-corrected chi connectivity index (χ3v) is 4.02. The number of ketones is 1. The zero-order valence-corrected chi connectivity index (χ0v) is 15.4. The summed E-state index contributed by atoms with van der Waals surface area (Å²) in [7, 11) is 0. The smallest absolute Gasteiger partial charge is 0.410 e. The van der Waals surface area contributed by atoms with Crippen molar-refractivity contribution >= 4 is 11.9 Å². The van der Waals surface area contributed by atoms with E-state index in [0.29, 0.717) is 24.8 Å². The molecule has 1 atom stereocenters. The number of carbonyl (C=O) groups is 2. The molecule has 1 fully saturated rings. The van der Waals surface area contributed by atoms with Crippen molar-refractivity contribution in [1.82, 2.24) is 9.88 Å². The van der Waals surface area contributed by atoms with Gasteiger partial charge in [0.15, 0.2) is 0 Å². The summed E-state index contributed by atoms with van der Waals surface area (Å²) in [6.45, 7) is 7.60. The average molecular weight is 348 g/mol. The van der Waals surface area contributed by atoms with Gasteiger partial charge >= 0.3 is 6.09 Å². The van der Waals surface area contributed by atoms with Crippen LogP contribution in [0.5, 0.6) is 0 Å². The number of Topliss-reactive ketones (excluding diaryl/α,β-unsaturated/α-hetero) is 1. The quantitative estimate of drug-likeness (QED) is 0.583. The van der Waals surface area contributed by atoms with Crippen LogP contribution in [0.4, 0.5) is 4.79 Å². The Hall–Kier alpha value is -1.95. The number of ether oxygens (including phenoxy) is 2. The van der Waals surface area contributed by atoms with E-state index in [1.165, 1.54) is 0 Å². The molecule has 0 bridgehead atoms. The first kappa shape index (κ1) is 19.4. The normalized spacial score (nSPS) is 18.0. The SMILES string of the molecule is CC(C)(C)OC(=O)N1CCC[C@H](CCOCC(=O)c2ccccn2)C1. The van der Waals surface area contributed by atoms with Crippen LogP contribution in [0.25, 0.3) is 0 Å². The first-order chi connectivity index (χ1) is 11.8. The Balaban J connectivity index is 1.69. The van der Waals surface area contributed by atoms with Gasteiger partial charge in [-0.25, -0.2) is 4.79 Å². The third-order valence-electron chi connectivity index (χ3n) is 4.02. The summed E-state index contributed by atoms with van der Waals surface area (Å²) in [5.41, 5.74) is -0.0461. The summed E-state index contributed by atoms with van der Waals surface area (Å²) in [5, 5.41) is 0. The number of hydrogen-bond donors (Lipinski definition) is 0. The molecule has 1 aliphatic rings. The number of aromatic nitrogens is 1. The van der Waals surface area contributed by atoms with Crippen molar-refractivity contribution in [3.05, 3.63) is 30.1 Å². The lowest BCUT2D eigenvalue weighted by atomic mass is 9.95. The second kappa shape index (κ2) is 8.94. The van der Waals surface area contributed by atoms with E-state index < -0.39 is 5.60 Å². The molecule has 0 aliphatic carbocycles. The second-order valence-electron chi connectivity index (χ2n) is 7.41. The van der Waals surface area contributed by atoms with Crippen molar-refractivity contribution in [2.75, 3.05) is 26.3 Å². The summed E-state index contributed by atoms with van der Waals surface area (Å²) in [6.07, 6.45) is 4.21. The molecule has 138 valence electrons. The Morgan fingerprint density at radius 3 is 2.80 bits per heavy atom. The highest BCUT2D eigenvalue weighted by Crippen LogP contribution is 2.21. The molecule has 1 aromatic rings. The lowest BCUT2D eigenvalue weighted by molar-refractivity contribution is 0.0141. The van der Waals surface area contributed by atoms with Gasteiger partial charge in [0.1, 0.15) is 17.9 Å². The number of piperidine rings is 1. The van der Waals surface area contributed by atoms with Gasteiger partial charge in [-0.2, -0.15) is 0 Å². The van der Waals surface area contributed by atoms with E-state index in [1.807, 2.05) is 20.8 Å². The molecule has 1 amide bonds. The van der Waals surface area contributed by atoms with Gasteiger partial charge in [0.25, 0.3) is 0 Å². The predicted molar refractivity (Wildman–Crippen MR) is 94.5 cm³/mol. The fraction of sp³-hybridized carbons (Fsp3) is 0.632. The number of likely N-dealkylation sites (tertiary alicyclic amines) is 1. The highest BCUT2D eigenvalue weighted by atomic mass is 16.6. The van der Waals surface area contributed by atoms with Crippen LogP contribution in [0.2, 0.25) is 0 Å². The van der Waals surface area contributed by atoms with E-state index in [-0.39, 0.29) is 18.5 Å². The molecule has 1 aliphatic heterocycles. The van der Waals surface area contributed by atoms with E-state index in [2.05, 4.69) is 4.98 Å². The number of amides is 1. The molecule has 0 aromatic carbocycles. The van der Waals surface area contributed by atoms with E-state index in [0.717, 1.165) is 25.8 Å². The van der Waals surface area contributed by atoms with Gasteiger partial charge in [-0.15, -0.1) is 0 Å². The number of pyridine rings is 1.